The molecule has 1 aromatic rings. The van der Waals surface area contributed by atoms with Crippen molar-refractivity contribution in [1.82, 2.24) is 0 Å². The van der Waals surface area contributed by atoms with E-state index in [1.165, 1.54) is 0 Å². The Hall–Kier alpha value is -1.51. The molecule has 14 heavy (non-hydrogen) atoms. The van der Waals surface area contributed by atoms with E-state index in [1.54, 1.807) is 0 Å². The summed E-state index contributed by atoms with van der Waals surface area (Å²) in [4.78, 5) is 0. The van der Waals surface area contributed by atoms with Gasteiger partial charge in [0.15, 0.2) is 0 Å². The molecule has 1 N–H and O–H groups in total. The number of nitrogens with zero attached hydrogens (tertiary/aromatic N) is 1. The molecule has 0 amide bonds. The molecule has 3 nitrogen and oxygen atoms in total. The van der Waals surface area contributed by atoms with Crippen molar-refractivity contribution in [3.63, 3.8) is 0 Å². The number of ether oxygens (including phenoxy) is 1. The minimum absolute atomic E-state index is 0.344. The topological polar surface area (TPSA) is 41.8 Å². The predicted molar refractivity (Wildman–Crippen MR) is 56.2 cm³/mol. The van der Waals surface area contributed by atoms with Crippen LogP contribution < -0.4 is 4.74 Å². The van der Waals surface area contributed by atoms with Gasteiger partial charge < -0.3 is 9.94 Å². The van der Waals surface area contributed by atoms with Gasteiger partial charge in [-0.1, -0.05) is 24.2 Å². The van der Waals surface area contributed by atoms with Gasteiger partial charge in [-0.3, -0.25) is 0 Å². The van der Waals surface area contributed by atoms with Gasteiger partial charge in [-0.2, -0.15) is 0 Å². The van der Waals surface area contributed by atoms with Crippen molar-refractivity contribution in [3.8, 4) is 5.75 Å². The third-order valence-electron chi connectivity index (χ3n) is 1.94. The zero-order chi connectivity index (χ0) is 10.4. The van der Waals surface area contributed by atoms with Crippen LogP contribution in [-0.4, -0.2) is 17.5 Å². The van der Waals surface area contributed by atoms with Crippen LogP contribution in [-0.2, 0) is 0 Å². The quantitative estimate of drug-likeness (QED) is 0.453. The van der Waals surface area contributed by atoms with Gasteiger partial charge in [-0.15, -0.1) is 0 Å². The zero-order valence-electron chi connectivity index (χ0n) is 8.53. The molecule has 0 bridgehead atoms. The van der Waals surface area contributed by atoms with E-state index >= 15 is 0 Å². The van der Waals surface area contributed by atoms with Gasteiger partial charge in [0.25, 0.3) is 0 Å². The Kier molecular flexibility index (Phi) is 3.98. The molecule has 1 aromatic carbocycles. The fraction of sp³-hybridized carbons (Fsp3) is 0.364. The zero-order valence-corrected chi connectivity index (χ0v) is 8.53. The summed E-state index contributed by atoms with van der Waals surface area (Å²) < 4.78 is 5.44. The smallest absolute Gasteiger partial charge is 0.130 e. The molecule has 0 saturated carbocycles. The second-order valence-corrected chi connectivity index (χ2v) is 3.12. The standard InChI is InChI=1S/C11H15NO2/c1-3-10(12-13)8-14-11-6-4-5-9(2)7-11/h4-7,13H,3,8H2,1-2H3. The number of hydrogen-bond donors (Lipinski definition) is 1. The normalized spacial score (nSPS) is 11.4. The second-order valence-electron chi connectivity index (χ2n) is 3.12. The summed E-state index contributed by atoms with van der Waals surface area (Å²) in [5.41, 5.74) is 1.80. The van der Waals surface area contributed by atoms with E-state index in [0.29, 0.717) is 18.7 Å². The van der Waals surface area contributed by atoms with E-state index in [1.807, 2.05) is 38.1 Å². The summed E-state index contributed by atoms with van der Waals surface area (Å²) in [5.74, 6) is 0.805. The summed E-state index contributed by atoms with van der Waals surface area (Å²) in [6.07, 6.45) is 0.697. The molecule has 1 rings (SSSR count). The number of oxime groups is 1. The number of hydrogen-bond acceptors (Lipinski definition) is 3. The van der Waals surface area contributed by atoms with E-state index in [9.17, 15) is 0 Å². The van der Waals surface area contributed by atoms with Crippen LogP contribution in [0.25, 0.3) is 0 Å². The molecule has 0 fully saturated rings. The Morgan fingerprint density at radius 3 is 2.86 bits per heavy atom. The van der Waals surface area contributed by atoms with Crippen LogP contribution in [0.3, 0.4) is 0 Å². The first-order chi connectivity index (χ1) is 6.76. The molecular formula is C11H15NO2. The highest BCUT2D eigenvalue weighted by Crippen LogP contribution is 2.12. The molecule has 0 atom stereocenters. The van der Waals surface area contributed by atoms with E-state index in [4.69, 9.17) is 9.94 Å². The maximum absolute atomic E-state index is 8.57. The van der Waals surface area contributed by atoms with E-state index < -0.39 is 0 Å². The minimum Gasteiger partial charge on any atom is -0.488 e. The van der Waals surface area contributed by atoms with Crippen LogP contribution in [0.5, 0.6) is 5.75 Å². The maximum atomic E-state index is 8.57. The Morgan fingerprint density at radius 2 is 2.29 bits per heavy atom. The lowest BCUT2D eigenvalue weighted by atomic mass is 10.2. The van der Waals surface area contributed by atoms with Gasteiger partial charge in [0.2, 0.25) is 0 Å². The fourth-order valence-corrected chi connectivity index (χ4v) is 1.07. The third kappa shape index (κ3) is 3.09. The average molecular weight is 193 g/mol. The van der Waals surface area contributed by atoms with Crippen LogP contribution in [0.2, 0.25) is 0 Å². The van der Waals surface area contributed by atoms with Gasteiger partial charge in [-0.05, 0) is 31.0 Å². The Morgan fingerprint density at radius 1 is 1.50 bits per heavy atom. The van der Waals surface area contributed by atoms with Crippen molar-refractivity contribution >= 4 is 5.71 Å². The predicted octanol–water partition coefficient (Wildman–Crippen LogP) is 2.61. The van der Waals surface area contributed by atoms with Crippen LogP contribution in [0.15, 0.2) is 29.4 Å². The van der Waals surface area contributed by atoms with Gasteiger partial charge in [0.1, 0.15) is 12.4 Å². The lowest BCUT2D eigenvalue weighted by Crippen LogP contribution is -2.10. The van der Waals surface area contributed by atoms with Crippen LogP contribution >= 0.6 is 0 Å². The second kappa shape index (κ2) is 5.27. The van der Waals surface area contributed by atoms with Crippen LogP contribution in [0.4, 0.5) is 0 Å². The Bertz CT molecular complexity index is 321. The molecule has 0 aromatic heterocycles. The first-order valence-electron chi connectivity index (χ1n) is 4.65. The number of aryl methyl sites for hydroxylation is 1. The number of benzene rings is 1. The number of rotatable bonds is 4. The molecule has 0 unspecified atom stereocenters. The van der Waals surface area contributed by atoms with Crippen molar-refractivity contribution in [1.29, 1.82) is 0 Å². The highest BCUT2D eigenvalue weighted by atomic mass is 16.5. The molecule has 0 saturated heterocycles. The van der Waals surface area contributed by atoms with Gasteiger partial charge >= 0.3 is 0 Å². The van der Waals surface area contributed by atoms with E-state index in [2.05, 4.69) is 5.16 Å². The molecule has 0 aliphatic carbocycles. The molecule has 0 heterocycles. The summed E-state index contributed by atoms with van der Waals surface area (Å²) in [5, 5.41) is 11.7. The van der Waals surface area contributed by atoms with Crippen LogP contribution in [0.1, 0.15) is 18.9 Å². The van der Waals surface area contributed by atoms with Crippen molar-refractivity contribution < 1.29 is 9.94 Å². The van der Waals surface area contributed by atoms with Gasteiger partial charge in [0.05, 0.1) is 5.71 Å². The van der Waals surface area contributed by atoms with Crippen molar-refractivity contribution in [2.45, 2.75) is 20.3 Å². The largest absolute Gasteiger partial charge is 0.488 e. The fourth-order valence-electron chi connectivity index (χ4n) is 1.07. The van der Waals surface area contributed by atoms with E-state index in [-0.39, 0.29) is 0 Å². The van der Waals surface area contributed by atoms with Crippen molar-refractivity contribution in [2.24, 2.45) is 5.16 Å². The third-order valence-corrected chi connectivity index (χ3v) is 1.94. The maximum Gasteiger partial charge on any atom is 0.130 e. The van der Waals surface area contributed by atoms with Crippen molar-refractivity contribution in [3.05, 3.63) is 29.8 Å². The van der Waals surface area contributed by atoms with Gasteiger partial charge in [-0.25, -0.2) is 0 Å². The lowest BCUT2D eigenvalue weighted by molar-refractivity contribution is 0.305. The first kappa shape index (κ1) is 10.6. The Labute approximate surface area is 84.0 Å². The average Bonchev–Trinajstić information content (AvgIpc) is 2.19. The summed E-state index contributed by atoms with van der Waals surface area (Å²) >= 11 is 0. The first-order valence-corrected chi connectivity index (χ1v) is 4.65. The Balaban J connectivity index is 2.53. The SMILES string of the molecule is CCC(COc1cccc(C)c1)=NO. The summed E-state index contributed by atoms with van der Waals surface area (Å²) in [7, 11) is 0. The minimum atomic E-state index is 0.344. The molecule has 0 radical (unpaired) electrons. The lowest BCUT2D eigenvalue weighted by Gasteiger charge is -2.06. The highest BCUT2D eigenvalue weighted by molar-refractivity contribution is 5.85. The molecule has 76 valence electrons. The van der Waals surface area contributed by atoms with Gasteiger partial charge in [0, 0.05) is 0 Å². The van der Waals surface area contributed by atoms with Crippen molar-refractivity contribution in [2.75, 3.05) is 6.61 Å². The molecular weight excluding hydrogens is 178 g/mol. The monoisotopic (exact) mass is 193 g/mol. The van der Waals surface area contributed by atoms with E-state index in [0.717, 1.165) is 11.3 Å². The summed E-state index contributed by atoms with van der Waals surface area (Å²) in [6.45, 7) is 4.28. The highest BCUT2D eigenvalue weighted by Gasteiger charge is 1.98. The van der Waals surface area contributed by atoms with Crippen LogP contribution in [0, 0.1) is 6.92 Å². The molecule has 3 heteroatoms. The molecule has 0 aliphatic rings. The molecule has 0 aliphatic heterocycles. The molecule has 0 spiro atoms. The summed E-state index contributed by atoms with van der Waals surface area (Å²) in [6, 6.07) is 7.78.